The third kappa shape index (κ3) is 9.98. The quantitative estimate of drug-likeness (QED) is 0.607. The number of hydrogen-bond donors (Lipinski definition) is 3. The van der Waals surface area contributed by atoms with Crippen LogP contribution in [0.25, 0.3) is 0 Å². The van der Waals surface area contributed by atoms with Crippen LogP contribution in [0, 0.1) is 10.8 Å². The van der Waals surface area contributed by atoms with E-state index in [9.17, 15) is 4.79 Å². The molecule has 0 atom stereocenters. The molecule has 0 aromatic heterocycles. The molecule has 4 nitrogen and oxygen atoms in total. The van der Waals surface area contributed by atoms with Crippen molar-refractivity contribution in [2.75, 3.05) is 13.1 Å². The summed E-state index contributed by atoms with van der Waals surface area (Å²) in [6, 6.07) is 0. The number of carbonyl (C=O) groups excluding carboxylic acids is 1. The molecule has 0 aliphatic rings. The van der Waals surface area contributed by atoms with Gasteiger partial charge in [0.25, 0.3) is 0 Å². The van der Waals surface area contributed by atoms with Crippen molar-refractivity contribution in [3.8, 4) is 0 Å². The molecule has 4 N–H and O–H groups in total. The van der Waals surface area contributed by atoms with Crippen molar-refractivity contribution >= 4 is 5.91 Å². The predicted octanol–water partition coefficient (Wildman–Crippen LogP) is 3.45. The van der Waals surface area contributed by atoms with E-state index in [1.807, 2.05) is 13.8 Å². The molecule has 0 spiro atoms. The first-order chi connectivity index (χ1) is 10.1. The number of nitrogens with one attached hydrogen (secondary N) is 2. The molecule has 0 aromatic rings. The lowest BCUT2D eigenvalue weighted by molar-refractivity contribution is -0.131. The second kappa shape index (κ2) is 7.98. The van der Waals surface area contributed by atoms with Gasteiger partial charge in [0.15, 0.2) is 0 Å². The van der Waals surface area contributed by atoms with E-state index in [0.717, 1.165) is 25.8 Å². The molecule has 0 radical (unpaired) electrons. The Bertz CT molecular complexity index is 379. The molecule has 138 valence electrons. The van der Waals surface area contributed by atoms with Gasteiger partial charge in [-0.25, -0.2) is 0 Å². The Kier molecular flexibility index (Phi) is 7.76. The van der Waals surface area contributed by atoms with Crippen LogP contribution in [-0.2, 0) is 4.79 Å². The van der Waals surface area contributed by atoms with Crippen LogP contribution in [0.1, 0.15) is 81.6 Å². The Morgan fingerprint density at radius 2 is 1.35 bits per heavy atom. The second-order valence-corrected chi connectivity index (χ2v) is 10.1. The zero-order valence-electron chi connectivity index (χ0n) is 17.0. The fraction of sp³-hybridized carbons (Fsp3) is 0.947. The summed E-state index contributed by atoms with van der Waals surface area (Å²) in [5.41, 5.74) is 5.25. The summed E-state index contributed by atoms with van der Waals surface area (Å²) < 4.78 is 0. The minimum absolute atomic E-state index is 0.0154. The molecule has 0 aliphatic carbocycles. The normalized spacial score (nSPS) is 14.0. The Morgan fingerprint density at radius 1 is 0.826 bits per heavy atom. The minimum atomic E-state index is -0.350. The van der Waals surface area contributed by atoms with Gasteiger partial charge in [-0.05, 0) is 58.9 Å². The lowest BCUT2D eigenvalue weighted by Gasteiger charge is -2.36. The number of hydrogen-bond acceptors (Lipinski definition) is 3. The Morgan fingerprint density at radius 3 is 1.78 bits per heavy atom. The smallest absolute Gasteiger partial charge is 0.226 e. The van der Waals surface area contributed by atoms with Crippen LogP contribution in [0.4, 0.5) is 0 Å². The molecule has 1 amide bonds. The standard InChI is InChI=1S/C19H41N3O/c1-16(2,3)10-11-17(4,5)15(23)22-19(8,9)14-21-18(6,7)12-13-20/h21H,10-14,20H2,1-9H3,(H,22,23). The summed E-state index contributed by atoms with van der Waals surface area (Å²) in [6.07, 6.45) is 2.84. The molecule has 0 rings (SSSR count). The Hall–Kier alpha value is -0.610. The van der Waals surface area contributed by atoms with Crippen molar-refractivity contribution in [1.29, 1.82) is 0 Å². The van der Waals surface area contributed by atoms with Crippen LogP contribution in [0.2, 0.25) is 0 Å². The van der Waals surface area contributed by atoms with Gasteiger partial charge in [-0.2, -0.15) is 0 Å². The van der Waals surface area contributed by atoms with Gasteiger partial charge in [0, 0.05) is 23.0 Å². The van der Waals surface area contributed by atoms with E-state index in [0.29, 0.717) is 6.54 Å². The highest BCUT2D eigenvalue weighted by atomic mass is 16.2. The fourth-order valence-corrected chi connectivity index (χ4v) is 2.23. The monoisotopic (exact) mass is 327 g/mol. The lowest BCUT2D eigenvalue weighted by atomic mass is 9.79. The number of nitrogens with two attached hydrogens (primary N) is 1. The van der Waals surface area contributed by atoms with Crippen LogP contribution in [-0.4, -0.2) is 30.1 Å². The molecule has 0 saturated heterocycles. The first kappa shape index (κ1) is 22.4. The van der Waals surface area contributed by atoms with Crippen LogP contribution >= 0.6 is 0 Å². The summed E-state index contributed by atoms with van der Waals surface area (Å²) in [6.45, 7) is 20.5. The maximum Gasteiger partial charge on any atom is 0.226 e. The molecular weight excluding hydrogens is 286 g/mol. The second-order valence-electron chi connectivity index (χ2n) is 10.1. The summed E-state index contributed by atoms with van der Waals surface area (Å²) in [5.74, 6) is 0.130. The van der Waals surface area contributed by atoms with Gasteiger partial charge in [0.05, 0.1) is 0 Å². The molecular formula is C19H41N3O. The van der Waals surface area contributed by atoms with E-state index in [4.69, 9.17) is 5.73 Å². The van der Waals surface area contributed by atoms with Crippen LogP contribution < -0.4 is 16.4 Å². The lowest BCUT2D eigenvalue weighted by Crippen LogP contribution is -2.57. The molecule has 0 fully saturated rings. The Labute approximate surface area is 144 Å². The highest BCUT2D eigenvalue weighted by molar-refractivity contribution is 5.82. The van der Waals surface area contributed by atoms with Gasteiger partial charge in [0.1, 0.15) is 0 Å². The highest BCUT2D eigenvalue weighted by Gasteiger charge is 2.33. The maximum absolute atomic E-state index is 12.7. The van der Waals surface area contributed by atoms with Gasteiger partial charge < -0.3 is 16.4 Å². The first-order valence-electron chi connectivity index (χ1n) is 8.88. The van der Waals surface area contributed by atoms with Crippen LogP contribution in [0.5, 0.6) is 0 Å². The van der Waals surface area contributed by atoms with E-state index in [1.54, 1.807) is 0 Å². The van der Waals surface area contributed by atoms with Gasteiger partial charge in [-0.15, -0.1) is 0 Å². The number of amides is 1. The van der Waals surface area contributed by atoms with E-state index >= 15 is 0 Å². The van der Waals surface area contributed by atoms with Crippen LogP contribution in [0.15, 0.2) is 0 Å². The van der Waals surface area contributed by atoms with E-state index in [1.165, 1.54) is 0 Å². The van der Waals surface area contributed by atoms with Crippen molar-refractivity contribution in [1.82, 2.24) is 10.6 Å². The molecule has 0 aromatic carbocycles. The average Bonchev–Trinajstić information content (AvgIpc) is 2.33. The van der Waals surface area contributed by atoms with Crippen molar-refractivity contribution in [2.45, 2.75) is 92.7 Å². The first-order valence-corrected chi connectivity index (χ1v) is 8.88. The molecule has 0 bridgehead atoms. The van der Waals surface area contributed by atoms with Crippen molar-refractivity contribution in [2.24, 2.45) is 16.6 Å². The SMILES string of the molecule is CC(C)(C)CCC(C)(C)C(=O)NC(C)(C)CNC(C)(C)CCN. The van der Waals surface area contributed by atoms with E-state index in [2.05, 4.69) is 59.1 Å². The van der Waals surface area contributed by atoms with Gasteiger partial charge in [-0.1, -0.05) is 34.6 Å². The van der Waals surface area contributed by atoms with Gasteiger partial charge in [-0.3, -0.25) is 4.79 Å². The van der Waals surface area contributed by atoms with Crippen molar-refractivity contribution < 1.29 is 4.79 Å². The van der Waals surface area contributed by atoms with E-state index in [-0.39, 0.29) is 27.8 Å². The third-order valence-corrected chi connectivity index (χ3v) is 4.34. The van der Waals surface area contributed by atoms with Crippen molar-refractivity contribution in [3.05, 3.63) is 0 Å². The topological polar surface area (TPSA) is 67.2 Å². The maximum atomic E-state index is 12.7. The van der Waals surface area contributed by atoms with Gasteiger partial charge in [0.2, 0.25) is 5.91 Å². The average molecular weight is 328 g/mol. The van der Waals surface area contributed by atoms with E-state index < -0.39 is 0 Å². The Balaban J connectivity index is 4.60. The number of rotatable bonds is 9. The summed E-state index contributed by atoms with van der Waals surface area (Å²) in [5, 5.41) is 6.73. The number of carbonyl (C=O) groups is 1. The molecule has 23 heavy (non-hydrogen) atoms. The minimum Gasteiger partial charge on any atom is -0.349 e. The molecule has 0 saturated carbocycles. The summed E-state index contributed by atoms with van der Waals surface area (Å²) in [7, 11) is 0. The third-order valence-electron chi connectivity index (χ3n) is 4.34. The van der Waals surface area contributed by atoms with Crippen molar-refractivity contribution in [3.63, 3.8) is 0 Å². The largest absolute Gasteiger partial charge is 0.349 e. The molecule has 4 heteroatoms. The zero-order valence-corrected chi connectivity index (χ0v) is 17.0. The molecule has 0 aliphatic heterocycles. The molecule has 0 unspecified atom stereocenters. The zero-order chi connectivity index (χ0) is 18.5. The summed E-state index contributed by atoms with van der Waals surface area (Å²) in [4.78, 5) is 12.7. The highest BCUT2D eigenvalue weighted by Crippen LogP contribution is 2.31. The summed E-state index contributed by atoms with van der Waals surface area (Å²) >= 11 is 0. The fourth-order valence-electron chi connectivity index (χ4n) is 2.23. The van der Waals surface area contributed by atoms with Crippen LogP contribution in [0.3, 0.4) is 0 Å². The molecule has 0 heterocycles. The predicted molar refractivity (Wildman–Crippen MR) is 100 cm³/mol. The van der Waals surface area contributed by atoms with Gasteiger partial charge >= 0.3 is 0 Å².